The molecule has 4 nitrogen and oxygen atoms in total. The lowest BCUT2D eigenvalue weighted by atomic mass is 9.69. The maximum absolute atomic E-state index is 13.3. The molecule has 0 aliphatic carbocycles. The van der Waals surface area contributed by atoms with Gasteiger partial charge in [-0.1, -0.05) is 60.7 Å². The smallest absolute Gasteiger partial charge is 0.240 e. The highest BCUT2D eigenvalue weighted by molar-refractivity contribution is 5.85. The van der Waals surface area contributed by atoms with Crippen molar-refractivity contribution in [3.63, 3.8) is 0 Å². The molecule has 0 unspecified atom stereocenters. The highest BCUT2D eigenvalue weighted by Gasteiger charge is 2.43. The summed E-state index contributed by atoms with van der Waals surface area (Å²) in [5.41, 5.74) is 8.56. The van der Waals surface area contributed by atoms with E-state index in [0.717, 1.165) is 38.9 Å². The minimum absolute atomic E-state index is 0. The zero-order valence-corrected chi connectivity index (χ0v) is 18.5. The molecule has 2 heterocycles. The van der Waals surface area contributed by atoms with E-state index in [2.05, 4.69) is 70.5 Å². The van der Waals surface area contributed by atoms with Crippen molar-refractivity contribution in [2.75, 3.05) is 26.7 Å². The third-order valence-corrected chi connectivity index (χ3v) is 6.32. The van der Waals surface area contributed by atoms with E-state index in [-0.39, 0.29) is 48.2 Å². The molecule has 1 amide bonds. The molecule has 29 heavy (non-hydrogen) atoms. The number of nitrogens with two attached hydrogens (primary N) is 1. The molecule has 6 heteroatoms. The van der Waals surface area contributed by atoms with Gasteiger partial charge in [-0.2, -0.15) is 0 Å². The molecule has 2 aromatic rings. The average Bonchev–Trinajstić information content (AvgIpc) is 3.06. The Bertz CT molecular complexity index is 748. The summed E-state index contributed by atoms with van der Waals surface area (Å²) in [5, 5.41) is 0. The number of piperidine rings is 1. The normalized spacial score (nSPS) is 23.7. The Morgan fingerprint density at radius 2 is 1.55 bits per heavy atom. The highest BCUT2D eigenvalue weighted by Crippen LogP contribution is 2.40. The van der Waals surface area contributed by atoms with Crippen LogP contribution < -0.4 is 5.73 Å². The number of rotatable bonds is 3. The first kappa shape index (κ1) is 23.7. The van der Waals surface area contributed by atoms with Gasteiger partial charge in [0.15, 0.2) is 0 Å². The molecule has 0 aromatic heterocycles. The van der Waals surface area contributed by atoms with Crippen LogP contribution in [0.5, 0.6) is 0 Å². The van der Waals surface area contributed by atoms with Crippen molar-refractivity contribution in [2.45, 2.75) is 36.8 Å². The molecule has 158 valence electrons. The molecule has 0 radical (unpaired) electrons. The number of halogens is 2. The topological polar surface area (TPSA) is 49.6 Å². The first-order valence-electron chi connectivity index (χ1n) is 9.96. The van der Waals surface area contributed by atoms with Crippen LogP contribution in [-0.2, 0) is 10.2 Å². The van der Waals surface area contributed by atoms with Crippen LogP contribution in [0.25, 0.3) is 0 Å². The second kappa shape index (κ2) is 9.94. The van der Waals surface area contributed by atoms with Gasteiger partial charge in [-0.3, -0.25) is 9.69 Å². The molecule has 0 bridgehead atoms. The maximum atomic E-state index is 13.3. The van der Waals surface area contributed by atoms with Crippen molar-refractivity contribution < 1.29 is 4.79 Å². The van der Waals surface area contributed by atoms with Gasteiger partial charge in [0.25, 0.3) is 0 Å². The van der Waals surface area contributed by atoms with Crippen molar-refractivity contribution >= 4 is 30.7 Å². The Morgan fingerprint density at radius 1 is 1.00 bits per heavy atom. The monoisotopic (exact) mass is 435 g/mol. The molecular weight excluding hydrogens is 405 g/mol. The SMILES string of the molecule is CN1C[C@@H](N)C[C@H]1C(=O)N1CCCC(c2ccccc2)(c2ccccc2)C1.Cl.Cl. The number of nitrogens with zero attached hydrogens (tertiary/aromatic N) is 2. The van der Waals surface area contributed by atoms with Gasteiger partial charge in [0.1, 0.15) is 0 Å². The molecule has 0 saturated carbocycles. The molecule has 2 N–H and O–H groups in total. The Balaban J connectivity index is 0.00000150. The summed E-state index contributed by atoms with van der Waals surface area (Å²) in [6.45, 7) is 2.37. The van der Waals surface area contributed by atoms with Crippen molar-refractivity contribution in [2.24, 2.45) is 5.73 Å². The Hall–Kier alpha value is -1.59. The number of likely N-dealkylation sites (N-methyl/N-ethyl adjacent to an activating group) is 1. The Kier molecular flexibility index (Phi) is 8.12. The summed E-state index contributed by atoms with van der Waals surface area (Å²) < 4.78 is 0. The third kappa shape index (κ3) is 4.61. The molecule has 2 aromatic carbocycles. The fourth-order valence-corrected chi connectivity index (χ4v) is 4.93. The van der Waals surface area contributed by atoms with Crippen LogP contribution in [0.3, 0.4) is 0 Å². The van der Waals surface area contributed by atoms with Gasteiger partial charge in [0.05, 0.1) is 6.04 Å². The zero-order chi connectivity index (χ0) is 18.9. The summed E-state index contributed by atoms with van der Waals surface area (Å²) in [4.78, 5) is 17.5. The van der Waals surface area contributed by atoms with Gasteiger partial charge >= 0.3 is 0 Å². The summed E-state index contributed by atoms with van der Waals surface area (Å²) >= 11 is 0. The number of hydrogen-bond donors (Lipinski definition) is 1. The fraction of sp³-hybridized carbons (Fsp3) is 0.435. The summed E-state index contributed by atoms with van der Waals surface area (Å²) in [6.07, 6.45) is 2.83. The average molecular weight is 436 g/mol. The van der Waals surface area contributed by atoms with Crippen LogP contribution in [0, 0.1) is 0 Å². The molecule has 2 atom stereocenters. The van der Waals surface area contributed by atoms with E-state index >= 15 is 0 Å². The molecule has 0 spiro atoms. The van der Waals surface area contributed by atoms with Crippen molar-refractivity contribution in [3.05, 3.63) is 71.8 Å². The van der Waals surface area contributed by atoms with Crippen molar-refractivity contribution in [1.82, 2.24) is 9.80 Å². The van der Waals surface area contributed by atoms with Crippen molar-refractivity contribution in [1.29, 1.82) is 0 Å². The van der Waals surface area contributed by atoms with Gasteiger partial charge < -0.3 is 10.6 Å². The number of benzene rings is 2. The fourth-order valence-electron chi connectivity index (χ4n) is 4.93. The minimum Gasteiger partial charge on any atom is -0.340 e. The lowest BCUT2D eigenvalue weighted by molar-refractivity contribution is -0.137. The van der Waals surface area contributed by atoms with Gasteiger partial charge in [-0.15, -0.1) is 24.8 Å². The van der Waals surface area contributed by atoms with Crippen LogP contribution >= 0.6 is 24.8 Å². The predicted molar refractivity (Wildman–Crippen MR) is 123 cm³/mol. The third-order valence-electron chi connectivity index (χ3n) is 6.32. The van der Waals surface area contributed by atoms with Crippen LogP contribution in [0.4, 0.5) is 0 Å². The molecule has 2 aliphatic rings. The van der Waals surface area contributed by atoms with Crippen LogP contribution in [0.15, 0.2) is 60.7 Å². The molecule has 2 fully saturated rings. The van der Waals surface area contributed by atoms with Gasteiger partial charge in [0, 0.05) is 31.1 Å². The van der Waals surface area contributed by atoms with Crippen LogP contribution in [0.2, 0.25) is 0 Å². The number of amides is 1. The lowest BCUT2D eigenvalue weighted by Crippen LogP contribution is -2.53. The number of carbonyl (C=O) groups excluding carboxylic acids is 1. The van der Waals surface area contributed by atoms with Crippen LogP contribution in [0.1, 0.15) is 30.4 Å². The number of carbonyl (C=O) groups is 1. The summed E-state index contributed by atoms with van der Waals surface area (Å²) in [6, 6.07) is 21.4. The number of likely N-dealkylation sites (tertiary alicyclic amines) is 2. The van der Waals surface area contributed by atoms with E-state index in [1.54, 1.807) is 0 Å². The maximum Gasteiger partial charge on any atom is 0.240 e. The largest absolute Gasteiger partial charge is 0.340 e. The predicted octanol–water partition coefficient (Wildman–Crippen LogP) is 3.47. The zero-order valence-electron chi connectivity index (χ0n) is 16.9. The van der Waals surface area contributed by atoms with Crippen LogP contribution in [-0.4, -0.2) is 54.5 Å². The van der Waals surface area contributed by atoms with Gasteiger partial charge in [0.2, 0.25) is 5.91 Å². The second-order valence-electron chi connectivity index (χ2n) is 8.13. The van der Waals surface area contributed by atoms with Gasteiger partial charge in [-0.25, -0.2) is 0 Å². The number of hydrogen-bond acceptors (Lipinski definition) is 3. The van der Waals surface area contributed by atoms with E-state index < -0.39 is 0 Å². The first-order valence-corrected chi connectivity index (χ1v) is 9.96. The molecule has 2 aliphatic heterocycles. The van der Waals surface area contributed by atoms with Gasteiger partial charge in [-0.05, 0) is 37.4 Å². The Morgan fingerprint density at radius 3 is 2.03 bits per heavy atom. The van der Waals surface area contributed by atoms with Crippen molar-refractivity contribution in [3.8, 4) is 0 Å². The van der Waals surface area contributed by atoms with E-state index in [1.165, 1.54) is 11.1 Å². The van der Waals surface area contributed by atoms with E-state index in [9.17, 15) is 4.79 Å². The van der Waals surface area contributed by atoms with E-state index in [0.29, 0.717) is 0 Å². The highest BCUT2D eigenvalue weighted by atomic mass is 35.5. The van der Waals surface area contributed by atoms with E-state index in [4.69, 9.17) is 5.73 Å². The molecule has 4 rings (SSSR count). The minimum atomic E-state index is -0.143. The van der Waals surface area contributed by atoms with E-state index in [1.807, 2.05) is 7.05 Å². The summed E-state index contributed by atoms with van der Waals surface area (Å²) in [5.74, 6) is 0.237. The summed E-state index contributed by atoms with van der Waals surface area (Å²) in [7, 11) is 2.01. The lowest BCUT2D eigenvalue weighted by Gasteiger charge is -2.45. The standard InChI is InChI=1S/C23H29N3O.2ClH/c1-25-16-20(24)15-21(25)22(27)26-14-8-13-23(17-26,18-9-4-2-5-10-18)19-11-6-3-7-12-19;;/h2-7,9-12,20-21H,8,13-17,24H2,1H3;2*1H/t20-,21-;;/m0../s1. The second-order valence-corrected chi connectivity index (χ2v) is 8.13. The Labute approximate surface area is 186 Å². The first-order chi connectivity index (χ1) is 13.1. The molecular formula is C23H31Cl2N3O. The quantitative estimate of drug-likeness (QED) is 0.802. The molecule has 2 saturated heterocycles.